The van der Waals surface area contributed by atoms with E-state index in [4.69, 9.17) is 14.2 Å². The van der Waals surface area contributed by atoms with Crippen molar-refractivity contribution < 1.29 is 28.6 Å². The van der Waals surface area contributed by atoms with Gasteiger partial charge < -0.3 is 14.2 Å². The minimum atomic E-state index is -0.775. The Morgan fingerprint density at radius 3 is 0.707 bits per heavy atom. The molecule has 0 aromatic carbocycles. The first-order valence-electron chi connectivity index (χ1n) is 37.0. The second kappa shape index (κ2) is 71.1. The fraction of sp³-hybridized carbons (Fsp3) is 0.882. The van der Waals surface area contributed by atoms with E-state index in [1.807, 2.05) is 0 Å². The van der Waals surface area contributed by atoms with Crippen LogP contribution in [0, 0.1) is 0 Å². The first-order valence-corrected chi connectivity index (χ1v) is 37.0. The van der Waals surface area contributed by atoms with Gasteiger partial charge in [0, 0.05) is 19.3 Å². The van der Waals surface area contributed by atoms with E-state index >= 15 is 0 Å². The Morgan fingerprint density at radius 2 is 0.439 bits per heavy atom. The smallest absolute Gasteiger partial charge is 0.306 e. The molecule has 482 valence electrons. The molecule has 0 bridgehead atoms. The molecule has 0 heterocycles. The van der Waals surface area contributed by atoms with Crippen molar-refractivity contribution in [3.05, 3.63) is 36.5 Å². The van der Waals surface area contributed by atoms with Gasteiger partial charge in [-0.15, -0.1) is 0 Å². The number of carbonyl (C=O) groups is 3. The Hall–Kier alpha value is -2.37. The van der Waals surface area contributed by atoms with Gasteiger partial charge >= 0.3 is 17.9 Å². The van der Waals surface area contributed by atoms with Gasteiger partial charge in [-0.3, -0.25) is 14.4 Å². The van der Waals surface area contributed by atoms with E-state index in [0.717, 1.165) is 77.0 Å². The van der Waals surface area contributed by atoms with E-state index in [1.165, 1.54) is 295 Å². The van der Waals surface area contributed by atoms with Crippen LogP contribution in [0.15, 0.2) is 36.5 Å². The van der Waals surface area contributed by atoms with E-state index in [9.17, 15) is 14.4 Å². The highest BCUT2D eigenvalue weighted by Gasteiger charge is 2.19. The highest BCUT2D eigenvalue weighted by molar-refractivity contribution is 5.71. The van der Waals surface area contributed by atoms with Gasteiger partial charge in [-0.2, -0.15) is 0 Å². The van der Waals surface area contributed by atoms with Gasteiger partial charge in [0.15, 0.2) is 6.10 Å². The largest absolute Gasteiger partial charge is 0.462 e. The van der Waals surface area contributed by atoms with Crippen molar-refractivity contribution in [2.24, 2.45) is 0 Å². The summed E-state index contributed by atoms with van der Waals surface area (Å²) in [4.78, 5) is 38.4. The Kier molecular flexibility index (Phi) is 69.1. The molecule has 0 fully saturated rings. The molecule has 0 aromatic rings. The summed E-state index contributed by atoms with van der Waals surface area (Å²) in [6.45, 7) is 6.68. The molecule has 6 nitrogen and oxygen atoms in total. The summed E-state index contributed by atoms with van der Waals surface area (Å²) in [7, 11) is 0. The SMILES string of the molecule is CCCCC/C=C\C/C=C\CCCCCCCC(=O)OCC(COC(=O)CCCCCCCCCCCCCCCCCCCCCCC/C=C\CCCCCCCCCC)OC(=O)CCCCCCCCCCCCCCCCCC. The van der Waals surface area contributed by atoms with Crippen LogP contribution in [0.1, 0.15) is 412 Å². The zero-order chi connectivity index (χ0) is 59.2. The van der Waals surface area contributed by atoms with Crippen molar-refractivity contribution in [3.63, 3.8) is 0 Å². The number of hydrogen-bond acceptors (Lipinski definition) is 6. The molecule has 0 spiro atoms. The van der Waals surface area contributed by atoms with Crippen LogP contribution in [0.25, 0.3) is 0 Å². The topological polar surface area (TPSA) is 78.9 Å². The summed E-state index contributed by atoms with van der Waals surface area (Å²) in [6.07, 6.45) is 89.1. The van der Waals surface area contributed by atoms with Crippen LogP contribution < -0.4 is 0 Å². The molecule has 0 N–H and O–H groups in total. The highest BCUT2D eigenvalue weighted by Crippen LogP contribution is 2.19. The van der Waals surface area contributed by atoms with Crippen molar-refractivity contribution in [3.8, 4) is 0 Å². The van der Waals surface area contributed by atoms with E-state index in [2.05, 4.69) is 57.2 Å². The number of hydrogen-bond donors (Lipinski definition) is 0. The third-order valence-corrected chi connectivity index (χ3v) is 16.9. The predicted octanol–water partition coefficient (Wildman–Crippen LogP) is 25.5. The molecule has 0 amide bonds. The van der Waals surface area contributed by atoms with Gasteiger partial charge in [0.2, 0.25) is 0 Å². The van der Waals surface area contributed by atoms with Crippen molar-refractivity contribution in [2.75, 3.05) is 13.2 Å². The second-order valence-electron chi connectivity index (χ2n) is 25.2. The Labute approximate surface area is 512 Å². The molecule has 0 saturated heterocycles. The molecule has 0 saturated carbocycles. The third-order valence-electron chi connectivity index (χ3n) is 16.9. The fourth-order valence-corrected chi connectivity index (χ4v) is 11.3. The van der Waals surface area contributed by atoms with Gasteiger partial charge in [-0.05, 0) is 77.0 Å². The van der Waals surface area contributed by atoms with Crippen LogP contribution in [-0.4, -0.2) is 37.2 Å². The number of esters is 3. The van der Waals surface area contributed by atoms with Crippen LogP contribution >= 0.6 is 0 Å². The number of allylic oxidation sites excluding steroid dienone is 6. The molecular formula is C76H142O6. The average Bonchev–Trinajstić information content (AvgIpc) is 3.47. The van der Waals surface area contributed by atoms with Crippen LogP contribution in [0.3, 0.4) is 0 Å². The van der Waals surface area contributed by atoms with Gasteiger partial charge in [0.25, 0.3) is 0 Å². The maximum absolute atomic E-state index is 12.9. The van der Waals surface area contributed by atoms with Crippen LogP contribution in [0.2, 0.25) is 0 Å². The average molecular weight is 1150 g/mol. The monoisotopic (exact) mass is 1150 g/mol. The Morgan fingerprint density at radius 1 is 0.244 bits per heavy atom. The first kappa shape index (κ1) is 79.6. The van der Waals surface area contributed by atoms with Gasteiger partial charge in [-0.1, -0.05) is 353 Å². The molecule has 6 heteroatoms. The number of rotatable bonds is 69. The molecule has 0 aromatic heterocycles. The summed E-state index contributed by atoms with van der Waals surface area (Å²) in [6, 6.07) is 0. The van der Waals surface area contributed by atoms with E-state index in [0.29, 0.717) is 19.3 Å². The normalized spacial score (nSPS) is 12.2. The fourth-order valence-electron chi connectivity index (χ4n) is 11.3. The summed E-state index contributed by atoms with van der Waals surface area (Å²) in [5.74, 6) is -0.854. The maximum atomic E-state index is 12.9. The lowest BCUT2D eigenvalue weighted by Gasteiger charge is -2.18. The summed E-state index contributed by atoms with van der Waals surface area (Å²) in [5, 5.41) is 0. The minimum absolute atomic E-state index is 0.0706. The number of unbranched alkanes of at least 4 members (excludes halogenated alkanes) is 52. The second-order valence-corrected chi connectivity index (χ2v) is 25.2. The molecule has 0 aliphatic rings. The molecule has 1 atom stereocenters. The van der Waals surface area contributed by atoms with Crippen molar-refractivity contribution in [2.45, 2.75) is 419 Å². The molecule has 0 aliphatic heterocycles. The Balaban J connectivity index is 4.12. The third kappa shape index (κ3) is 68.4. The van der Waals surface area contributed by atoms with Crippen LogP contribution in [0.4, 0.5) is 0 Å². The summed E-state index contributed by atoms with van der Waals surface area (Å²) >= 11 is 0. The highest BCUT2D eigenvalue weighted by atomic mass is 16.6. The van der Waals surface area contributed by atoms with E-state index < -0.39 is 6.10 Å². The standard InChI is InChI=1S/C76H142O6/c1-4-7-10-13-16-19-22-25-28-30-31-32-33-34-35-36-37-38-39-40-41-42-43-44-45-46-49-51-54-57-60-63-66-69-75(78)81-72-73(71-80-74(77)68-65-62-59-56-53-50-47-27-24-21-18-15-12-9-6-3)82-76(79)70-67-64-61-58-55-52-48-29-26-23-20-17-14-11-8-5-2/h18,21,27,30-31,47,73H,4-17,19-20,22-26,28-29,32-46,48-72H2,1-3H3/b21-18-,31-30-,47-27-. The lowest BCUT2D eigenvalue weighted by atomic mass is 10.0. The lowest BCUT2D eigenvalue weighted by molar-refractivity contribution is -0.167. The molecule has 0 rings (SSSR count). The van der Waals surface area contributed by atoms with Crippen molar-refractivity contribution >= 4 is 17.9 Å². The van der Waals surface area contributed by atoms with Crippen molar-refractivity contribution in [1.29, 1.82) is 0 Å². The maximum Gasteiger partial charge on any atom is 0.306 e. The predicted molar refractivity (Wildman–Crippen MR) is 358 cm³/mol. The summed E-state index contributed by atoms with van der Waals surface area (Å²) in [5.41, 5.74) is 0. The zero-order valence-corrected chi connectivity index (χ0v) is 55.5. The lowest BCUT2D eigenvalue weighted by Crippen LogP contribution is -2.30. The zero-order valence-electron chi connectivity index (χ0n) is 55.5. The van der Waals surface area contributed by atoms with Gasteiger partial charge in [0.05, 0.1) is 0 Å². The van der Waals surface area contributed by atoms with E-state index in [1.54, 1.807) is 0 Å². The summed E-state index contributed by atoms with van der Waals surface area (Å²) < 4.78 is 17.0. The molecular weight excluding hydrogens is 1010 g/mol. The van der Waals surface area contributed by atoms with E-state index in [-0.39, 0.29) is 31.1 Å². The molecule has 82 heavy (non-hydrogen) atoms. The molecule has 0 radical (unpaired) electrons. The van der Waals surface area contributed by atoms with Crippen LogP contribution in [-0.2, 0) is 28.6 Å². The minimum Gasteiger partial charge on any atom is -0.462 e. The number of carbonyl (C=O) groups excluding carboxylic acids is 3. The quantitative estimate of drug-likeness (QED) is 0.0261. The first-order chi connectivity index (χ1) is 40.5. The molecule has 0 aliphatic carbocycles. The molecule has 1 unspecified atom stereocenters. The van der Waals surface area contributed by atoms with Crippen molar-refractivity contribution in [1.82, 2.24) is 0 Å². The van der Waals surface area contributed by atoms with Crippen LogP contribution in [0.5, 0.6) is 0 Å². The number of ether oxygens (including phenoxy) is 3. The van der Waals surface area contributed by atoms with Gasteiger partial charge in [-0.25, -0.2) is 0 Å². The van der Waals surface area contributed by atoms with Gasteiger partial charge in [0.1, 0.15) is 13.2 Å². The Bertz CT molecular complexity index is 1370.